The van der Waals surface area contributed by atoms with Crippen LogP contribution in [0.1, 0.15) is 42.3 Å². The Hall–Kier alpha value is -2.45. The number of ether oxygens (including phenoxy) is 1. The Labute approximate surface area is 228 Å². The van der Waals surface area contributed by atoms with Gasteiger partial charge in [-0.2, -0.15) is 4.31 Å². The fourth-order valence-electron chi connectivity index (χ4n) is 5.02. The molecule has 0 spiro atoms. The van der Waals surface area contributed by atoms with Crippen LogP contribution in [0.4, 0.5) is 8.78 Å². The Morgan fingerprint density at radius 1 is 1.29 bits per heavy atom. The van der Waals surface area contributed by atoms with E-state index in [1.165, 1.54) is 28.8 Å². The van der Waals surface area contributed by atoms with Crippen LogP contribution in [0.3, 0.4) is 0 Å². The Morgan fingerprint density at radius 3 is 2.58 bits per heavy atom. The fraction of sp³-hybridized carbons (Fsp3) is 0.458. The van der Waals surface area contributed by atoms with Gasteiger partial charge in [-0.3, -0.25) is 4.99 Å². The van der Waals surface area contributed by atoms with Crippen molar-refractivity contribution in [1.29, 1.82) is 0 Å². The van der Waals surface area contributed by atoms with Gasteiger partial charge in [-0.05, 0) is 37.7 Å². The van der Waals surface area contributed by atoms with Gasteiger partial charge in [0.05, 0.1) is 30.6 Å². The molecular formula is C24H27ClF2N4O5S2. The number of aromatic nitrogens is 1. The first kappa shape index (κ1) is 28.6. The van der Waals surface area contributed by atoms with Gasteiger partial charge in [-0.15, -0.1) is 11.3 Å². The van der Waals surface area contributed by atoms with Crippen molar-refractivity contribution in [3.8, 4) is 0 Å². The van der Waals surface area contributed by atoms with E-state index in [0.717, 1.165) is 12.3 Å². The number of halogens is 3. The third kappa shape index (κ3) is 5.76. The molecule has 0 saturated heterocycles. The first-order valence-corrected chi connectivity index (χ1v) is 15.0. The van der Waals surface area contributed by atoms with Crippen molar-refractivity contribution in [3.05, 3.63) is 62.2 Å². The summed E-state index contributed by atoms with van der Waals surface area (Å²) < 4.78 is 59.3. The van der Waals surface area contributed by atoms with E-state index in [2.05, 4.69) is 15.3 Å². The van der Waals surface area contributed by atoms with Crippen LogP contribution in [-0.2, 0) is 19.6 Å². The molecule has 4 rings (SSSR count). The maximum atomic E-state index is 14.5. The maximum absolute atomic E-state index is 14.5. The second kappa shape index (κ2) is 11.7. The number of hydrogen-bond donors (Lipinski definition) is 2. The van der Waals surface area contributed by atoms with Gasteiger partial charge in [0.15, 0.2) is 22.5 Å². The SMILES string of the molecule is COC(=O)C1=C([C@H]2CC[C@H](N(CCO)S(C)(=O)=O)CC2)NC(c2nccs2)=NC1c1ccc(F)c(F)c1Cl. The lowest BCUT2D eigenvalue weighted by Gasteiger charge is -2.38. The molecule has 2 aromatic rings. The summed E-state index contributed by atoms with van der Waals surface area (Å²) in [6.07, 6.45) is 4.69. The van der Waals surface area contributed by atoms with Crippen molar-refractivity contribution in [3.63, 3.8) is 0 Å². The molecule has 1 fully saturated rings. The van der Waals surface area contributed by atoms with E-state index in [0.29, 0.717) is 42.2 Å². The maximum Gasteiger partial charge on any atom is 0.338 e. The average molecular weight is 589 g/mol. The number of rotatable bonds is 8. The summed E-state index contributed by atoms with van der Waals surface area (Å²) in [5.74, 6) is -2.97. The molecule has 206 valence electrons. The van der Waals surface area contributed by atoms with E-state index in [1.807, 2.05) is 0 Å². The van der Waals surface area contributed by atoms with E-state index in [4.69, 9.17) is 16.3 Å². The summed E-state index contributed by atoms with van der Waals surface area (Å²) in [6.45, 7) is -0.295. The fourth-order valence-corrected chi connectivity index (χ4v) is 7.03. The molecule has 0 radical (unpaired) electrons. The van der Waals surface area contributed by atoms with Crippen molar-refractivity contribution in [2.75, 3.05) is 26.5 Å². The molecule has 2 heterocycles. The highest BCUT2D eigenvalue weighted by atomic mass is 35.5. The number of nitrogens with zero attached hydrogens (tertiary/aromatic N) is 3. The summed E-state index contributed by atoms with van der Waals surface area (Å²) in [4.78, 5) is 22.0. The summed E-state index contributed by atoms with van der Waals surface area (Å²) in [5.41, 5.74) is 0.702. The number of amidine groups is 1. The minimum absolute atomic E-state index is 0.0000803. The van der Waals surface area contributed by atoms with E-state index >= 15 is 0 Å². The van der Waals surface area contributed by atoms with Crippen LogP contribution < -0.4 is 5.32 Å². The number of esters is 1. The van der Waals surface area contributed by atoms with Gasteiger partial charge in [0.2, 0.25) is 10.0 Å². The van der Waals surface area contributed by atoms with E-state index in [9.17, 15) is 27.1 Å². The zero-order valence-corrected chi connectivity index (χ0v) is 23.0. The number of carbonyl (C=O) groups excluding carboxylic acids is 1. The zero-order valence-electron chi connectivity index (χ0n) is 20.7. The van der Waals surface area contributed by atoms with Crippen molar-refractivity contribution in [2.24, 2.45) is 10.9 Å². The minimum Gasteiger partial charge on any atom is -0.466 e. The Kier molecular flexibility index (Phi) is 8.82. The van der Waals surface area contributed by atoms with Gasteiger partial charge in [0.1, 0.15) is 6.04 Å². The van der Waals surface area contributed by atoms with Crippen molar-refractivity contribution in [2.45, 2.75) is 37.8 Å². The number of nitrogens with one attached hydrogen (secondary N) is 1. The normalized spacial score (nSPS) is 22.3. The first-order chi connectivity index (χ1) is 18.1. The van der Waals surface area contributed by atoms with Crippen molar-refractivity contribution >= 4 is 44.8 Å². The molecule has 2 N–H and O–H groups in total. The highest BCUT2D eigenvalue weighted by molar-refractivity contribution is 7.88. The number of thiazole rings is 1. The van der Waals surface area contributed by atoms with Crippen LogP contribution in [0.5, 0.6) is 0 Å². The lowest BCUT2D eigenvalue weighted by molar-refractivity contribution is -0.136. The molecular weight excluding hydrogens is 562 g/mol. The van der Waals surface area contributed by atoms with E-state index < -0.39 is 38.7 Å². The molecule has 0 bridgehead atoms. The molecule has 1 aliphatic carbocycles. The zero-order chi connectivity index (χ0) is 27.6. The number of aliphatic hydroxyl groups excluding tert-OH is 1. The van der Waals surface area contributed by atoms with Crippen LogP contribution in [0.2, 0.25) is 5.02 Å². The molecule has 0 amide bonds. The highest BCUT2D eigenvalue weighted by Crippen LogP contribution is 2.42. The monoisotopic (exact) mass is 588 g/mol. The molecule has 1 aromatic carbocycles. The summed E-state index contributed by atoms with van der Waals surface area (Å²) in [6, 6.07) is 0.816. The smallest absolute Gasteiger partial charge is 0.338 e. The van der Waals surface area contributed by atoms with Gasteiger partial charge < -0.3 is 15.2 Å². The molecule has 1 atom stereocenters. The molecule has 1 aliphatic heterocycles. The molecule has 1 saturated carbocycles. The first-order valence-electron chi connectivity index (χ1n) is 11.8. The Bertz CT molecular complexity index is 1360. The van der Waals surface area contributed by atoms with Crippen LogP contribution in [-0.4, -0.2) is 67.2 Å². The van der Waals surface area contributed by atoms with Crippen LogP contribution >= 0.6 is 22.9 Å². The number of aliphatic hydroxyl groups is 1. The highest BCUT2D eigenvalue weighted by Gasteiger charge is 2.39. The van der Waals surface area contributed by atoms with Gasteiger partial charge >= 0.3 is 5.97 Å². The lowest BCUT2D eigenvalue weighted by Crippen LogP contribution is -2.44. The number of hydrogen-bond acceptors (Lipinski definition) is 9. The third-order valence-electron chi connectivity index (χ3n) is 6.73. The summed E-state index contributed by atoms with van der Waals surface area (Å²) in [5, 5.41) is 14.4. The third-order valence-corrected chi connectivity index (χ3v) is 9.23. The molecule has 1 unspecified atom stereocenters. The minimum atomic E-state index is -3.53. The molecule has 2 aliphatic rings. The van der Waals surface area contributed by atoms with Crippen LogP contribution in [0.25, 0.3) is 0 Å². The average Bonchev–Trinajstić information content (AvgIpc) is 3.44. The molecule has 1 aromatic heterocycles. The van der Waals surface area contributed by atoms with Crippen LogP contribution in [0.15, 0.2) is 40.0 Å². The van der Waals surface area contributed by atoms with Gasteiger partial charge in [0, 0.05) is 35.4 Å². The topological polar surface area (TPSA) is 121 Å². The largest absolute Gasteiger partial charge is 0.466 e. The predicted molar refractivity (Wildman–Crippen MR) is 139 cm³/mol. The number of carbonyl (C=O) groups is 1. The van der Waals surface area contributed by atoms with Crippen molar-refractivity contribution < 1.29 is 31.8 Å². The number of benzene rings is 1. The van der Waals surface area contributed by atoms with E-state index in [-0.39, 0.29) is 36.2 Å². The summed E-state index contributed by atoms with van der Waals surface area (Å²) in [7, 11) is -2.31. The number of sulfonamides is 1. The number of aliphatic imine (C=N–C) groups is 1. The molecule has 9 nitrogen and oxygen atoms in total. The van der Waals surface area contributed by atoms with Crippen molar-refractivity contribution in [1.82, 2.24) is 14.6 Å². The van der Waals surface area contributed by atoms with Gasteiger partial charge in [-0.25, -0.2) is 27.0 Å². The summed E-state index contributed by atoms with van der Waals surface area (Å²) >= 11 is 7.51. The van der Waals surface area contributed by atoms with Crippen LogP contribution in [0, 0.1) is 17.6 Å². The number of methoxy groups -OCH3 is 1. The van der Waals surface area contributed by atoms with Gasteiger partial charge in [-0.1, -0.05) is 17.7 Å². The quantitative estimate of drug-likeness (QED) is 0.358. The second-order valence-corrected chi connectivity index (χ2v) is 12.2. The number of allylic oxidation sites excluding steroid dienone is 1. The lowest BCUT2D eigenvalue weighted by atomic mass is 9.80. The Balaban J connectivity index is 1.76. The van der Waals surface area contributed by atoms with E-state index in [1.54, 1.807) is 11.6 Å². The standard InChI is InChI=1S/C24H27ClF2N4O5S2/c1-36-24(33)17-20(13-3-5-14(6-4-13)31(10-11-32)38(2,34)35)29-22(23-28-9-12-37-23)30-21(17)15-7-8-16(26)19(27)18(15)25/h7-9,12-14,21,32H,3-6,10-11H2,1-2H3,(H,29,30)/t13-,14-,21?. The Morgan fingerprint density at radius 2 is 2.00 bits per heavy atom. The molecule has 14 heteroatoms. The molecule has 38 heavy (non-hydrogen) atoms. The second-order valence-electron chi connectivity index (χ2n) is 9.03. The van der Waals surface area contributed by atoms with Gasteiger partial charge in [0.25, 0.3) is 0 Å². The predicted octanol–water partition coefficient (Wildman–Crippen LogP) is 3.41.